The molecule has 2 aromatic rings. The van der Waals surface area contributed by atoms with Crippen LogP contribution in [0.25, 0.3) is 0 Å². The molecule has 0 unspecified atom stereocenters. The molecule has 6 nitrogen and oxygen atoms in total. The Morgan fingerprint density at radius 3 is 2.44 bits per heavy atom. The lowest BCUT2D eigenvalue weighted by Crippen LogP contribution is -2.15. The van der Waals surface area contributed by atoms with Gasteiger partial charge in [0.05, 0.1) is 17.6 Å². The maximum Gasteiger partial charge on any atom is 0.341 e. The van der Waals surface area contributed by atoms with Crippen LogP contribution in [0.1, 0.15) is 37.6 Å². The summed E-state index contributed by atoms with van der Waals surface area (Å²) in [6, 6.07) is 4.19. The zero-order valence-electron chi connectivity index (χ0n) is 14.1. The van der Waals surface area contributed by atoms with Crippen LogP contribution in [0.2, 0.25) is 0 Å². The maximum absolute atomic E-state index is 12.6. The average Bonchev–Trinajstić information content (AvgIpc) is 3.21. The number of amides is 1. The van der Waals surface area contributed by atoms with Gasteiger partial charge in [0, 0.05) is 10.4 Å². The Labute approximate surface area is 158 Å². The number of fused-ring (bicyclic) bond motifs is 1. The number of hydrogen-bond acceptors (Lipinski definition) is 6. The van der Waals surface area contributed by atoms with E-state index in [2.05, 4.69) is 5.32 Å². The van der Waals surface area contributed by atoms with Crippen LogP contribution in [-0.4, -0.2) is 33.2 Å². The Morgan fingerprint density at radius 2 is 1.85 bits per heavy atom. The third kappa shape index (κ3) is 3.59. The van der Waals surface area contributed by atoms with Gasteiger partial charge < -0.3 is 10.1 Å². The van der Waals surface area contributed by atoms with E-state index in [0.717, 1.165) is 54.0 Å². The number of esters is 1. The van der Waals surface area contributed by atoms with E-state index in [1.54, 1.807) is 0 Å². The van der Waals surface area contributed by atoms with Crippen LogP contribution in [0.3, 0.4) is 0 Å². The molecule has 144 valence electrons. The number of hydrogen-bond donors (Lipinski definition) is 1. The second-order valence-corrected chi connectivity index (χ2v) is 8.86. The summed E-state index contributed by atoms with van der Waals surface area (Å²) in [4.78, 5) is 25.0. The number of ether oxygens (including phenoxy) is 1. The van der Waals surface area contributed by atoms with Gasteiger partial charge in [0.15, 0.2) is 0 Å². The second-order valence-electron chi connectivity index (χ2n) is 5.84. The molecule has 0 aliphatic heterocycles. The molecule has 1 heterocycles. The summed E-state index contributed by atoms with van der Waals surface area (Å²) in [5.41, 5.74) is 1.29. The average molecular weight is 415 g/mol. The first-order valence-electron chi connectivity index (χ1n) is 7.92. The highest BCUT2D eigenvalue weighted by Gasteiger charge is 2.29. The highest BCUT2D eigenvalue weighted by Crippen LogP contribution is 2.39. The Hall–Kier alpha value is -2.33. The third-order valence-corrected chi connectivity index (χ3v) is 6.82. The number of carbonyl (C=O) groups is 2. The molecule has 0 fully saturated rings. The maximum atomic E-state index is 12.6. The lowest BCUT2D eigenvalue weighted by molar-refractivity contribution is 0.0601. The van der Waals surface area contributed by atoms with Crippen molar-refractivity contribution in [3.63, 3.8) is 0 Å². The lowest BCUT2D eigenvalue weighted by Gasteiger charge is -2.08. The summed E-state index contributed by atoms with van der Waals surface area (Å²) in [5, 5.41) is 3.00. The predicted molar refractivity (Wildman–Crippen MR) is 95.3 cm³/mol. The van der Waals surface area contributed by atoms with Gasteiger partial charge in [-0.25, -0.2) is 13.2 Å². The van der Waals surface area contributed by atoms with Gasteiger partial charge in [-0.3, -0.25) is 4.79 Å². The summed E-state index contributed by atoms with van der Waals surface area (Å²) in [5.74, 6) is -4.66. The molecule has 10 heteroatoms. The minimum absolute atomic E-state index is 0.0765. The molecule has 0 bridgehead atoms. The highest BCUT2D eigenvalue weighted by atomic mass is 32.2. The molecule has 0 atom stereocenters. The monoisotopic (exact) mass is 415 g/mol. The van der Waals surface area contributed by atoms with Crippen molar-refractivity contribution < 1.29 is 31.5 Å². The molecule has 1 N–H and O–H groups in total. The molecule has 27 heavy (non-hydrogen) atoms. The molecular weight excluding hydrogens is 400 g/mol. The Balaban J connectivity index is 1.86. The molecule has 1 aromatic carbocycles. The fraction of sp³-hybridized carbons (Fsp3) is 0.294. The number of halogens is 2. The van der Waals surface area contributed by atoms with Crippen molar-refractivity contribution in [1.29, 1.82) is 0 Å². The van der Waals surface area contributed by atoms with Crippen LogP contribution in [0, 0.1) is 0 Å². The van der Waals surface area contributed by atoms with Crippen molar-refractivity contribution in [1.82, 2.24) is 0 Å². The smallest absolute Gasteiger partial charge is 0.341 e. The fourth-order valence-electron chi connectivity index (χ4n) is 2.88. The SMILES string of the molecule is COC(=O)c1c(NC(=O)c2ccc(S(=O)(=O)C(F)F)cc2)sc2c1CCC2. The summed E-state index contributed by atoms with van der Waals surface area (Å²) in [6.45, 7) is 0. The number of anilines is 1. The van der Waals surface area contributed by atoms with Crippen molar-refractivity contribution in [2.75, 3.05) is 12.4 Å². The van der Waals surface area contributed by atoms with Crippen LogP contribution >= 0.6 is 11.3 Å². The van der Waals surface area contributed by atoms with E-state index in [4.69, 9.17) is 4.74 Å². The molecule has 0 radical (unpaired) electrons. The fourth-order valence-corrected chi connectivity index (χ4v) is 4.88. The Kier molecular flexibility index (Phi) is 5.29. The molecule has 3 rings (SSSR count). The number of benzene rings is 1. The van der Waals surface area contributed by atoms with Crippen molar-refractivity contribution in [3.8, 4) is 0 Å². The molecule has 1 aromatic heterocycles. The van der Waals surface area contributed by atoms with Gasteiger partial charge >= 0.3 is 11.7 Å². The van der Waals surface area contributed by atoms with E-state index in [9.17, 15) is 26.8 Å². The third-order valence-electron chi connectivity index (χ3n) is 4.22. The van der Waals surface area contributed by atoms with Crippen LogP contribution in [0.5, 0.6) is 0 Å². The number of methoxy groups -OCH3 is 1. The zero-order chi connectivity index (χ0) is 19.8. The van der Waals surface area contributed by atoms with E-state index >= 15 is 0 Å². The van der Waals surface area contributed by atoms with Crippen LogP contribution in [0.4, 0.5) is 13.8 Å². The predicted octanol–water partition coefficient (Wildman–Crippen LogP) is 3.27. The minimum Gasteiger partial charge on any atom is -0.465 e. The largest absolute Gasteiger partial charge is 0.465 e. The van der Waals surface area contributed by atoms with Gasteiger partial charge in [-0.2, -0.15) is 8.78 Å². The summed E-state index contributed by atoms with van der Waals surface area (Å²) < 4.78 is 52.8. The summed E-state index contributed by atoms with van der Waals surface area (Å²) in [7, 11) is -3.46. The zero-order valence-corrected chi connectivity index (χ0v) is 15.8. The summed E-state index contributed by atoms with van der Waals surface area (Å²) in [6.07, 6.45) is 2.48. The van der Waals surface area contributed by atoms with Crippen LogP contribution in [0.15, 0.2) is 29.2 Å². The van der Waals surface area contributed by atoms with Crippen molar-refractivity contribution in [3.05, 3.63) is 45.8 Å². The lowest BCUT2D eigenvalue weighted by atomic mass is 10.1. The molecular formula is C17H15F2NO5S2. The number of thiophene rings is 1. The van der Waals surface area contributed by atoms with E-state index in [1.807, 2.05) is 0 Å². The molecule has 0 saturated carbocycles. The van der Waals surface area contributed by atoms with E-state index in [1.165, 1.54) is 18.4 Å². The topological polar surface area (TPSA) is 89.5 Å². The van der Waals surface area contributed by atoms with Crippen LogP contribution < -0.4 is 5.32 Å². The molecule has 0 spiro atoms. The standard InChI is InChI=1S/C17H15F2NO5S2/c1-25-16(22)13-11-3-2-4-12(11)26-15(13)20-14(21)9-5-7-10(8-6-9)27(23,24)17(18)19/h5-8,17H,2-4H2,1H3,(H,20,21). The Bertz CT molecular complexity index is 997. The second kappa shape index (κ2) is 7.35. The number of nitrogens with one attached hydrogen (secondary N) is 1. The quantitative estimate of drug-likeness (QED) is 0.757. The Morgan fingerprint density at radius 1 is 1.19 bits per heavy atom. The van der Waals surface area contributed by atoms with Gasteiger partial charge in [-0.1, -0.05) is 0 Å². The molecule has 0 saturated heterocycles. The minimum atomic E-state index is -4.72. The highest BCUT2D eigenvalue weighted by molar-refractivity contribution is 7.91. The number of carbonyl (C=O) groups excluding carboxylic acids is 2. The summed E-state index contributed by atoms with van der Waals surface area (Å²) >= 11 is 1.30. The molecule has 1 aliphatic carbocycles. The normalized spacial score (nSPS) is 13.5. The van der Waals surface area contributed by atoms with Crippen molar-refractivity contribution >= 4 is 38.1 Å². The first-order valence-corrected chi connectivity index (χ1v) is 10.3. The van der Waals surface area contributed by atoms with Crippen LogP contribution in [-0.2, 0) is 27.4 Å². The number of rotatable bonds is 5. The number of sulfone groups is 1. The van der Waals surface area contributed by atoms with Gasteiger partial charge in [0.25, 0.3) is 5.91 Å². The van der Waals surface area contributed by atoms with E-state index in [0.29, 0.717) is 10.6 Å². The van der Waals surface area contributed by atoms with Crippen molar-refractivity contribution in [2.24, 2.45) is 0 Å². The van der Waals surface area contributed by atoms with Crippen molar-refractivity contribution in [2.45, 2.75) is 29.9 Å². The molecule has 1 aliphatic rings. The van der Waals surface area contributed by atoms with Gasteiger partial charge in [0.2, 0.25) is 9.84 Å². The van der Waals surface area contributed by atoms with E-state index in [-0.39, 0.29) is 5.56 Å². The number of aryl methyl sites for hydroxylation is 1. The van der Waals surface area contributed by atoms with Gasteiger partial charge in [0.1, 0.15) is 5.00 Å². The molecule has 1 amide bonds. The van der Waals surface area contributed by atoms with Gasteiger partial charge in [-0.05, 0) is 49.1 Å². The van der Waals surface area contributed by atoms with E-state index < -0.39 is 32.4 Å². The number of alkyl halides is 2. The first kappa shape index (κ1) is 19.4. The van der Waals surface area contributed by atoms with Gasteiger partial charge in [-0.15, -0.1) is 11.3 Å². The first-order chi connectivity index (χ1) is 12.8.